The lowest BCUT2D eigenvalue weighted by Gasteiger charge is -2.30. The molecule has 1 aliphatic heterocycles. The predicted octanol–water partition coefficient (Wildman–Crippen LogP) is 5.12. The van der Waals surface area contributed by atoms with E-state index in [-0.39, 0.29) is 24.6 Å². The Morgan fingerprint density at radius 1 is 1.10 bits per heavy atom. The number of aryl methyl sites for hydroxylation is 1. The maximum absolute atomic E-state index is 14.6. The Morgan fingerprint density at radius 2 is 1.83 bits per heavy atom. The smallest absolute Gasteiger partial charge is 0.333 e. The van der Waals surface area contributed by atoms with Crippen molar-refractivity contribution in [3.05, 3.63) is 105 Å². The van der Waals surface area contributed by atoms with Gasteiger partial charge in [0.15, 0.2) is 0 Å². The van der Waals surface area contributed by atoms with Crippen molar-refractivity contribution in [1.82, 2.24) is 19.6 Å². The lowest BCUT2D eigenvalue weighted by molar-refractivity contribution is -0.142. The number of amides is 1. The van der Waals surface area contributed by atoms with Crippen molar-refractivity contribution in [2.24, 2.45) is 0 Å². The molecule has 1 atom stereocenters. The van der Waals surface area contributed by atoms with Crippen molar-refractivity contribution < 1.29 is 28.3 Å². The number of aromatic nitrogens is 3. The van der Waals surface area contributed by atoms with Gasteiger partial charge >= 0.3 is 5.69 Å². The van der Waals surface area contributed by atoms with E-state index in [9.17, 15) is 14.4 Å². The minimum absolute atomic E-state index is 0.0283. The van der Waals surface area contributed by atoms with Crippen molar-refractivity contribution in [1.29, 1.82) is 0 Å². The number of para-hydroxylation sites is 1. The van der Waals surface area contributed by atoms with Crippen molar-refractivity contribution in [2.75, 3.05) is 20.3 Å². The minimum Gasteiger partial charge on any atom is -0.496 e. The highest BCUT2D eigenvalue weighted by Gasteiger charge is 2.37. The van der Waals surface area contributed by atoms with Gasteiger partial charge in [0.25, 0.3) is 11.5 Å². The zero-order chi connectivity index (χ0) is 33.8. The van der Waals surface area contributed by atoms with Crippen LogP contribution in [0.3, 0.4) is 0 Å². The van der Waals surface area contributed by atoms with E-state index in [0.717, 1.165) is 15.7 Å². The van der Waals surface area contributed by atoms with E-state index in [4.69, 9.17) is 23.5 Å². The maximum atomic E-state index is 14.6. The molecule has 1 saturated heterocycles. The topological polar surface area (TPSA) is 136 Å². The summed E-state index contributed by atoms with van der Waals surface area (Å²) in [5, 5.41) is 0.281. The molecule has 0 bridgehead atoms. The fourth-order valence-electron chi connectivity index (χ4n) is 5.88. The van der Waals surface area contributed by atoms with Crippen LogP contribution in [-0.4, -0.2) is 46.5 Å². The molecule has 0 spiro atoms. The Hall–Kier alpha value is -4.56. The van der Waals surface area contributed by atoms with Gasteiger partial charge in [0.1, 0.15) is 28.5 Å². The molecule has 1 N–H and O–H groups in total. The molecule has 48 heavy (non-hydrogen) atoms. The average Bonchev–Trinajstić information content (AvgIpc) is 3.75. The zero-order valence-corrected chi connectivity index (χ0v) is 28.1. The number of hydrogen-bond donors (Lipinski definition) is 1. The highest BCUT2D eigenvalue weighted by molar-refractivity contribution is 7.22. The Labute approximate surface area is 280 Å². The molecule has 3 aromatic heterocycles. The summed E-state index contributed by atoms with van der Waals surface area (Å²) in [7, 11) is 1.58. The quantitative estimate of drug-likeness (QED) is 0.179. The number of ether oxygens (including phenoxy) is 3. The number of thiophene rings is 1. The molecule has 1 aliphatic rings. The average molecular weight is 675 g/mol. The third-order valence-electron chi connectivity index (χ3n) is 8.56. The van der Waals surface area contributed by atoms with Gasteiger partial charge in [-0.1, -0.05) is 48.5 Å². The van der Waals surface area contributed by atoms with Gasteiger partial charge in [0, 0.05) is 18.8 Å². The molecule has 0 aliphatic carbocycles. The summed E-state index contributed by atoms with van der Waals surface area (Å²) in [5.41, 5.74) is 1.68. The summed E-state index contributed by atoms with van der Waals surface area (Å²) in [6.07, 6.45) is 3.59. The van der Waals surface area contributed by atoms with Gasteiger partial charge in [-0.05, 0) is 50.8 Å². The lowest BCUT2D eigenvalue weighted by Crippen LogP contribution is -2.55. The highest BCUT2D eigenvalue weighted by Crippen LogP contribution is 2.37. The first-order valence-corrected chi connectivity index (χ1v) is 16.5. The van der Waals surface area contributed by atoms with E-state index in [1.54, 1.807) is 14.0 Å². The molecule has 12 nitrogen and oxygen atoms in total. The van der Waals surface area contributed by atoms with Gasteiger partial charge in [0.2, 0.25) is 5.89 Å². The van der Waals surface area contributed by atoms with Crippen LogP contribution in [0.2, 0.25) is 0 Å². The second-order valence-electron chi connectivity index (χ2n) is 12.1. The van der Waals surface area contributed by atoms with E-state index in [2.05, 4.69) is 10.5 Å². The number of oxazole rings is 1. The number of rotatable bonds is 12. The second-order valence-corrected chi connectivity index (χ2v) is 13.0. The van der Waals surface area contributed by atoms with Crippen LogP contribution in [0.25, 0.3) is 21.0 Å². The van der Waals surface area contributed by atoms with Crippen LogP contribution in [0.1, 0.15) is 49.5 Å². The van der Waals surface area contributed by atoms with Gasteiger partial charge in [-0.15, -0.1) is 11.3 Å². The zero-order valence-electron chi connectivity index (χ0n) is 27.3. The number of nitrogens with zero attached hydrogens (tertiary/aromatic N) is 3. The fraction of sp³-hybridized carbons (Fsp3) is 0.371. The van der Waals surface area contributed by atoms with E-state index < -0.39 is 28.8 Å². The van der Waals surface area contributed by atoms with E-state index in [1.165, 1.54) is 42.2 Å². The molecule has 0 saturated carbocycles. The van der Waals surface area contributed by atoms with Crippen molar-refractivity contribution >= 4 is 27.5 Å². The van der Waals surface area contributed by atoms with Crippen LogP contribution in [-0.2, 0) is 37.8 Å². The van der Waals surface area contributed by atoms with Crippen molar-refractivity contribution in [3.63, 3.8) is 0 Å². The maximum Gasteiger partial charge on any atom is 0.333 e. The summed E-state index contributed by atoms with van der Waals surface area (Å²) in [6.45, 7) is 6.08. The van der Waals surface area contributed by atoms with Gasteiger partial charge in [-0.25, -0.2) is 19.8 Å². The first-order chi connectivity index (χ1) is 23.2. The van der Waals surface area contributed by atoms with Crippen LogP contribution >= 0.6 is 11.3 Å². The van der Waals surface area contributed by atoms with Gasteiger partial charge < -0.3 is 18.6 Å². The monoisotopic (exact) mass is 674 g/mol. The summed E-state index contributed by atoms with van der Waals surface area (Å²) in [5.74, 6) is 0.263. The molecule has 4 heterocycles. The number of carbonyl (C=O) groups is 1. The Kier molecular flexibility index (Phi) is 9.92. The van der Waals surface area contributed by atoms with E-state index >= 15 is 0 Å². The van der Waals surface area contributed by atoms with Crippen LogP contribution in [0.5, 0.6) is 5.75 Å². The third-order valence-corrected chi connectivity index (χ3v) is 9.86. The molecule has 6 rings (SSSR count). The normalized spacial score (nSPS) is 14.7. The number of nitrogens with one attached hydrogen (secondary N) is 1. The second kappa shape index (κ2) is 14.3. The molecule has 5 aromatic rings. The molecule has 0 radical (unpaired) electrons. The van der Waals surface area contributed by atoms with Gasteiger partial charge in [-0.3, -0.25) is 19.0 Å². The van der Waals surface area contributed by atoms with E-state index in [1.807, 2.05) is 54.6 Å². The first-order valence-electron chi connectivity index (χ1n) is 15.7. The molecule has 252 valence electrons. The van der Waals surface area contributed by atoms with Crippen LogP contribution in [0.4, 0.5) is 0 Å². The molecule has 0 unspecified atom stereocenters. The molecule has 13 heteroatoms. The number of hydroxylamine groups is 1. The predicted molar refractivity (Wildman–Crippen MR) is 180 cm³/mol. The molecule has 1 amide bonds. The summed E-state index contributed by atoms with van der Waals surface area (Å²) < 4.78 is 26.1. The number of methoxy groups -OCH3 is 1. The lowest BCUT2D eigenvalue weighted by atomic mass is 10.0. The first kappa shape index (κ1) is 33.3. The Balaban J connectivity index is 1.47. The Morgan fingerprint density at radius 3 is 2.54 bits per heavy atom. The van der Waals surface area contributed by atoms with Gasteiger partial charge in [0.05, 0.1) is 42.8 Å². The number of carbonyl (C=O) groups excluding carboxylic acids is 1. The molecular weight excluding hydrogens is 636 g/mol. The number of fused-ring (bicyclic) bond motifs is 1. The van der Waals surface area contributed by atoms with Crippen LogP contribution in [0, 0.1) is 6.92 Å². The molecule has 1 fully saturated rings. The molecule has 2 aromatic carbocycles. The van der Waals surface area contributed by atoms with Crippen molar-refractivity contribution in [2.45, 2.75) is 64.5 Å². The fourth-order valence-corrected chi connectivity index (χ4v) is 7.12. The van der Waals surface area contributed by atoms with Crippen LogP contribution < -0.4 is 21.5 Å². The summed E-state index contributed by atoms with van der Waals surface area (Å²) in [6, 6.07) is 16.8. The summed E-state index contributed by atoms with van der Waals surface area (Å²) >= 11 is 1.23. The highest BCUT2D eigenvalue weighted by atomic mass is 32.1. The third kappa shape index (κ3) is 6.59. The molecular formula is C35H38N4O8S. The minimum atomic E-state index is -1.65. The largest absolute Gasteiger partial charge is 0.496 e. The SMILES string of the molecule is COc1ccccc1[C@H](Cn1c(=O)n(C(C)(C)C(=O)NOCc2ccccc2)c(=O)c2c(C)c(-c3ncco3)sc21)OC1CCOCC1. The van der Waals surface area contributed by atoms with E-state index in [0.29, 0.717) is 53.0 Å². The van der Waals surface area contributed by atoms with Gasteiger partial charge in [-0.2, -0.15) is 0 Å². The number of benzene rings is 2. The Bertz CT molecular complexity index is 1990. The van der Waals surface area contributed by atoms with Crippen LogP contribution in [0.15, 0.2) is 81.1 Å². The standard InChI is InChI=1S/C35H38N4O8S/c1-22-28-31(40)39(35(2,3)33(41)37-46-21-23-10-6-5-7-11-23)34(42)38(32(28)48-29(22)30-36-16-19-45-30)20-27(47-24-14-17-44-18-15-24)25-12-8-9-13-26(25)43-4/h5-13,16,19,24,27H,14-15,17-18,20-21H2,1-4H3,(H,37,41)/t27-/m0/s1. The number of hydrogen-bond acceptors (Lipinski definition) is 10. The van der Waals surface area contributed by atoms with Crippen molar-refractivity contribution in [3.8, 4) is 16.5 Å². The summed E-state index contributed by atoms with van der Waals surface area (Å²) in [4.78, 5) is 53.5.